The summed E-state index contributed by atoms with van der Waals surface area (Å²) in [5.41, 5.74) is 0. The lowest BCUT2D eigenvalue weighted by Crippen LogP contribution is -2.24. The lowest BCUT2D eigenvalue weighted by atomic mass is 10.4. The number of imidazole rings is 1. The summed E-state index contributed by atoms with van der Waals surface area (Å²) in [7, 11) is 0. The monoisotopic (exact) mass is 221 g/mol. The van der Waals surface area contributed by atoms with Crippen LogP contribution in [0.4, 0.5) is 0 Å². The summed E-state index contributed by atoms with van der Waals surface area (Å²) in [6.07, 6.45) is 5.02. The number of nitrogens with one attached hydrogen (secondary N) is 1. The van der Waals surface area contributed by atoms with Crippen LogP contribution in [0.2, 0.25) is 0 Å². The Balaban J connectivity index is 2.01. The summed E-state index contributed by atoms with van der Waals surface area (Å²) in [6, 6.07) is 0.440. The van der Waals surface area contributed by atoms with E-state index in [0.717, 1.165) is 12.4 Å². The van der Waals surface area contributed by atoms with E-state index in [1.807, 2.05) is 10.8 Å². The maximum absolute atomic E-state index is 4.69. The van der Waals surface area contributed by atoms with Gasteiger partial charge in [-0.15, -0.1) is 0 Å². The first-order valence-electron chi connectivity index (χ1n) is 5.24. The molecule has 2 aromatic heterocycles. The molecule has 0 unspecified atom stereocenters. The maximum Gasteiger partial charge on any atom is 0.213 e. The quantitative estimate of drug-likeness (QED) is 0.809. The second-order valence-electron chi connectivity index (χ2n) is 3.85. The van der Waals surface area contributed by atoms with Gasteiger partial charge in [0.15, 0.2) is 5.82 Å². The van der Waals surface area contributed by atoms with E-state index in [0.29, 0.717) is 18.4 Å². The molecule has 6 heteroatoms. The third-order valence-corrected chi connectivity index (χ3v) is 2.19. The van der Waals surface area contributed by atoms with Crippen molar-refractivity contribution >= 4 is 0 Å². The number of aromatic nitrogens is 4. The van der Waals surface area contributed by atoms with Gasteiger partial charge >= 0.3 is 0 Å². The van der Waals surface area contributed by atoms with E-state index in [1.54, 1.807) is 6.20 Å². The number of rotatable bonds is 5. The fourth-order valence-electron chi connectivity index (χ4n) is 1.36. The second-order valence-corrected chi connectivity index (χ2v) is 3.85. The molecule has 6 nitrogen and oxygen atoms in total. The fraction of sp³-hybridized carbons (Fsp3) is 0.500. The molecule has 0 bridgehead atoms. The molecule has 0 saturated heterocycles. The highest BCUT2D eigenvalue weighted by Gasteiger charge is 2.06. The van der Waals surface area contributed by atoms with Crippen LogP contribution in [0.5, 0.6) is 0 Å². The van der Waals surface area contributed by atoms with E-state index >= 15 is 0 Å². The third-order valence-electron chi connectivity index (χ3n) is 2.19. The van der Waals surface area contributed by atoms with Crippen molar-refractivity contribution in [3.63, 3.8) is 0 Å². The molecule has 0 amide bonds. The number of hydrogen-bond acceptors (Lipinski definition) is 5. The van der Waals surface area contributed by atoms with Crippen LogP contribution < -0.4 is 5.32 Å². The predicted octanol–water partition coefficient (Wildman–Crippen LogP) is 0.812. The minimum absolute atomic E-state index is 0.440. The van der Waals surface area contributed by atoms with Gasteiger partial charge in [-0.05, 0) is 0 Å². The van der Waals surface area contributed by atoms with Crippen molar-refractivity contribution in [2.24, 2.45) is 0 Å². The summed E-state index contributed by atoms with van der Waals surface area (Å²) in [5, 5.41) is 7.09. The highest BCUT2D eigenvalue weighted by molar-refractivity contribution is 4.95. The van der Waals surface area contributed by atoms with Crippen molar-refractivity contribution in [3.05, 3.63) is 30.4 Å². The Morgan fingerprint density at radius 1 is 1.44 bits per heavy atom. The van der Waals surface area contributed by atoms with Crippen LogP contribution in [0.25, 0.3) is 0 Å². The minimum atomic E-state index is 0.440. The van der Waals surface area contributed by atoms with Crippen LogP contribution in [0, 0.1) is 0 Å². The fourth-order valence-corrected chi connectivity index (χ4v) is 1.36. The first kappa shape index (κ1) is 10.8. The van der Waals surface area contributed by atoms with Gasteiger partial charge in [-0.25, -0.2) is 4.98 Å². The Labute approximate surface area is 93.7 Å². The Morgan fingerprint density at radius 3 is 3.00 bits per heavy atom. The molecule has 0 aromatic carbocycles. The van der Waals surface area contributed by atoms with E-state index in [-0.39, 0.29) is 0 Å². The summed E-state index contributed by atoms with van der Waals surface area (Å²) >= 11 is 0. The Morgan fingerprint density at radius 2 is 2.31 bits per heavy atom. The standard InChI is InChI=1S/C10H15N5O/c1-8(2)12-5-10-11-3-4-15(10)6-9-13-7-16-14-9/h3-4,7-8,12H,5-6H2,1-2H3. The Bertz CT molecular complexity index is 420. The summed E-state index contributed by atoms with van der Waals surface area (Å²) in [6.45, 7) is 5.53. The minimum Gasteiger partial charge on any atom is -0.343 e. The zero-order valence-electron chi connectivity index (χ0n) is 9.42. The SMILES string of the molecule is CC(C)NCc1nccn1Cc1ncon1. The van der Waals surface area contributed by atoms with E-state index in [4.69, 9.17) is 4.52 Å². The first-order chi connectivity index (χ1) is 7.75. The number of nitrogens with zero attached hydrogens (tertiary/aromatic N) is 4. The molecule has 2 rings (SSSR count). The van der Waals surface area contributed by atoms with Gasteiger partial charge in [0.1, 0.15) is 5.82 Å². The molecule has 1 N–H and O–H groups in total. The largest absolute Gasteiger partial charge is 0.343 e. The highest BCUT2D eigenvalue weighted by atomic mass is 16.5. The molecule has 16 heavy (non-hydrogen) atoms. The molecule has 0 spiro atoms. The smallest absolute Gasteiger partial charge is 0.213 e. The Kier molecular flexibility index (Phi) is 3.31. The molecule has 0 aliphatic rings. The molecule has 0 radical (unpaired) electrons. The van der Waals surface area contributed by atoms with E-state index < -0.39 is 0 Å². The lowest BCUT2D eigenvalue weighted by molar-refractivity contribution is 0.407. The predicted molar refractivity (Wildman–Crippen MR) is 57.6 cm³/mol. The first-order valence-corrected chi connectivity index (χ1v) is 5.24. The topological polar surface area (TPSA) is 68.8 Å². The molecule has 0 saturated carbocycles. The van der Waals surface area contributed by atoms with Crippen molar-refractivity contribution in [1.82, 2.24) is 25.0 Å². The number of hydrogen-bond donors (Lipinski definition) is 1. The van der Waals surface area contributed by atoms with Crippen molar-refractivity contribution in [2.75, 3.05) is 0 Å². The summed E-state index contributed by atoms with van der Waals surface area (Å²) in [5.74, 6) is 1.63. The van der Waals surface area contributed by atoms with E-state index in [9.17, 15) is 0 Å². The van der Waals surface area contributed by atoms with Crippen molar-refractivity contribution in [3.8, 4) is 0 Å². The summed E-state index contributed by atoms with van der Waals surface area (Å²) in [4.78, 5) is 8.26. The average molecular weight is 221 g/mol. The molecule has 0 aliphatic heterocycles. The summed E-state index contributed by atoms with van der Waals surface area (Å²) < 4.78 is 6.69. The zero-order chi connectivity index (χ0) is 11.4. The third kappa shape index (κ3) is 2.66. The molecule has 0 atom stereocenters. The van der Waals surface area contributed by atoms with Gasteiger partial charge in [0, 0.05) is 18.4 Å². The molecule has 86 valence electrons. The Hall–Kier alpha value is -1.69. The zero-order valence-corrected chi connectivity index (χ0v) is 9.42. The molecule has 2 aromatic rings. The normalized spacial score (nSPS) is 11.2. The van der Waals surface area contributed by atoms with Crippen molar-refractivity contribution < 1.29 is 4.52 Å². The molecule has 2 heterocycles. The van der Waals surface area contributed by atoms with Crippen molar-refractivity contribution in [2.45, 2.75) is 33.0 Å². The maximum atomic E-state index is 4.69. The van der Waals surface area contributed by atoms with Gasteiger partial charge in [-0.2, -0.15) is 4.98 Å². The molecule has 0 fully saturated rings. The van der Waals surface area contributed by atoms with Crippen LogP contribution in [-0.4, -0.2) is 25.7 Å². The highest BCUT2D eigenvalue weighted by Crippen LogP contribution is 2.01. The van der Waals surface area contributed by atoms with Gasteiger partial charge in [-0.3, -0.25) is 0 Å². The van der Waals surface area contributed by atoms with Gasteiger partial charge in [0.2, 0.25) is 6.39 Å². The van der Waals surface area contributed by atoms with Crippen LogP contribution in [0.1, 0.15) is 25.5 Å². The van der Waals surface area contributed by atoms with Crippen molar-refractivity contribution in [1.29, 1.82) is 0 Å². The van der Waals surface area contributed by atoms with Gasteiger partial charge in [0.25, 0.3) is 0 Å². The average Bonchev–Trinajstić information content (AvgIpc) is 2.87. The van der Waals surface area contributed by atoms with Gasteiger partial charge in [-0.1, -0.05) is 19.0 Å². The van der Waals surface area contributed by atoms with E-state index in [2.05, 4.69) is 34.3 Å². The van der Waals surface area contributed by atoms with E-state index in [1.165, 1.54) is 6.39 Å². The lowest BCUT2D eigenvalue weighted by Gasteiger charge is -2.09. The van der Waals surface area contributed by atoms with Gasteiger partial charge in [0.05, 0.1) is 13.1 Å². The van der Waals surface area contributed by atoms with Crippen LogP contribution in [0.3, 0.4) is 0 Å². The van der Waals surface area contributed by atoms with Crippen LogP contribution >= 0.6 is 0 Å². The van der Waals surface area contributed by atoms with Crippen LogP contribution in [-0.2, 0) is 13.1 Å². The van der Waals surface area contributed by atoms with Gasteiger partial charge < -0.3 is 14.4 Å². The van der Waals surface area contributed by atoms with Crippen LogP contribution in [0.15, 0.2) is 23.3 Å². The second kappa shape index (κ2) is 4.89. The molecule has 0 aliphatic carbocycles. The molecular weight excluding hydrogens is 206 g/mol. The molecular formula is C10H15N5O.